The van der Waals surface area contributed by atoms with Crippen molar-refractivity contribution in [2.24, 2.45) is 17.8 Å². The molecule has 0 aromatic carbocycles. The fraction of sp³-hybridized carbons (Fsp3) is 0.714. The van der Waals surface area contributed by atoms with Crippen molar-refractivity contribution in [2.45, 2.75) is 44.8 Å². The normalized spacial score (nSPS) is 24.8. The molecule has 4 rings (SSSR count). The molecule has 1 spiro atoms. The summed E-state index contributed by atoms with van der Waals surface area (Å²) < 4.78 is 31.7. The Bertz CT molecular complexity index is 798. The summed E-state index contributed by atoms with van der Waals surface area (Å²) >= 11 is 0. The highest BCUT2D eigenvalue weighted by Gasteiger charge is 2.57. The number of halogens is 3. The third-order valence-corrected chi connectivity index (χ3v) is 6.57. The average Bonchev–Trinajstić information content (AvgIpc) is 3.27. The number of aromatic nitrogens is 2. The Balaban J connectivity index is 0.000000360. The predicted octanol–water partition coefficient (Wildman–Crippen LogP) is 2.17. The highest BCUT2D eigenvalue weighted by atomic mass is 19.4. The molecule has 0 bridgehead atoms. The molecular weight excluding hydrogens is 427 g/mol. The van der Waals surface area contributed by atoms with Gasteiger partial charge in [-0.05, 0) is 37.8 Å². The summed E-state index contributed by atoms with van der Waals surface area (Å²) in [5.74, 6) is -0.299. The molecule has 3 fully saturated rings. The number of hydrogen-bond acceptors (Lipinski definition) is 6. The zero-order valence-electron chi connectivity index (χ0n) is 18.3. The minimum Gasteiger partial charge on any atom is -0.475 e. The van der Waals surface area contributed by atoms with Gasteiger partial charge in [-0.15, -0.1) is 0 Å². The molecule has 32 heavy (non-hydrogen) atoms. The Kier molecular flexibility index (Phi) is 7.26. The highest BCUT2D eigenvalue weighted by Crippen LogP contribution is 2.44. The van der Waals surface area contributed by atoms with E-state index in [-0.39, 0.29) is 17.4 Å². The number of carboxylic acids is 1. The van der Waals surface area contributed by atoms with E-state index in [0.29, 0.717) is 5.92 Å². The number of carbonyl (C=O) groups excluding carboxylic acids is 1. The Hall–Kier alpha value is -2.43. The van der Waals surface area contributed by atoms with Gasteiger partial charge in [-0.25, -0.2) is 14.8 Å². The van der Waals surface area contributed by atoms with Crippen LogP contribution in [0.1, 0.15) is 33.1 Å². The Morgan fingerprint density at radius 1 is 1.25 bits per heavy atom. The molecule has 0 saturated carbocycles. The molecule has 4 heterocycles. The maximum absolute atomic E-state index is 12.6. The number of aliphatic carboxylic acids is 1. The molecule has 2 unspecified atom stereocenters. The molecule has 8 nitrogen and oxygen atoms in total. The number of likely N-dealkylation sites (tertiary alicyclic amines) is 1. The predicted molar refractivity (Wildman–Crippen MR) is 111 cm³/mol. The lowest BCUT2D eigenvalue weighted by atomic mass is 9.75. The first-order valence-electron chi connectivity index (χ1n) is 10.9. The van der Waals surface area contributed by atoms with Gasteiger partial charge in [0, 0.05) is 50.0 Å². The van der Waals surface area contributed by atoms with Crippen LogP contribution in [0.25, 0.3) is 0 Å². The van der Waals surface area contributed by atoms with Crippen LogP contribution in [0.15, 0.2) is 18.5 Å². The lowest BCUT2D eigenvalue weighted by Gasteiger charge is -2.42. The Morgan fingerprint density at radius 3 is 2.38 bits per heavy atom. The lowest BCUT2D eigenvalue weighted by molar-refractivity contribution is -0.192. The number of amides is 1. The Labute approximate surface area is 185 Å². The molecule has 1 amide bonds. The summed E-state index contributed by atoms with van der Waals surface area (Å²) in [7, 11) is 0. The minimum atomic E-state index is -5.08. The quantitative estimate of drug-likeness (QED) is 0.715. The van der Waals surface area contributed by atoms with E-state index < -0.39 is 12.1 Å². The van der Waals surface area contributed by atoms with E-state index in [1.54, 1.807) is 12.4 Å². The fourth-order valence-corrected chi connectivity index (χ4v) is 4.82. The zero-order valence-corrected chi connectivity index (χ0v) is 18.3. The third kappa shape index (κ3) is 5.48. The summed E-state index contributed by atoms with van der Waals surface area (Å²) in [6, 6.07) is 1.85. The third-order valence-electron chi connectivity index (χ3n) is 6.57. The molecule has 1 aromatic heterocycles. The van der Waals surface area contributed by atoms with Crippen molar-refractivity contribution < 1.29 is 27.9 Å². The first-order chi connectivity index (χ1) is 15.0. The SMILES string of the molecule is CC(C)CCN1CC2C(=O)NC3(CCN(c4ncccn4)CC3)C2C1.O=C(O)C(F)(F)F. The van der Waals surface area contributed by atoms with Gasteiger partial charge in [-0.1, -0.05) is 13.8 Å². The van der Waals surface area contributed by atoms with Gasteiger partial charge in [0.25, 0.3) is 0 Å². The van der Waals surface area contributed by atoms with Gasteiger partial charge in [0.2, 0.25) is 11.9 Å². The standard InChI is InChI=1S/C19H29N5O.C2HF3O2/c1-14(2)4-9-23-12-15-16(13-23)19(22-17(15)25)5-10-24(11-6-19)18-20-7-3-8-21-18;3-2(4,5)1(6)7/h3,7-8,14-16H,4-6,9-13H2,1-2H3,(H,22,25);(H,6,7). The van der Waals surface area contributed by atoms with E-state index in [1.807, 2.05) is 6.07 Å². The van der Waals surface area contributed by atoms with Gasteiger partial charge in [0.05, 0.1) is 5.92 Å². The first kappa shape index (κ1) is 24.2. The highest BCUT2D eigenvalue weighted by molar-refractivity contribution is 5.83. The summed E-state index contributed by atoms with van der Waals surface area (Å²) in [4.78, 5) is 35.0. The zero-order chi connectivity index (χ0) is 23.5. The van der Waals surface area contributed by atoms with Crippen molar-refractivity contribution in [3.05, 3.63) is 18.5 Å². The van der Waals surface area contributed by atoms with Crippen LogP contribution in [0.4, 0.5) is 19.1 Å². The van der Waals surface area contributed by atoms with Crippen molar-refractivity contribution in [1.82, 2.24) is 20.2 Å². The number of rotatable bonds is 4. The molecule has 3 saturated heterocycles. The molecule has 2 N–H and O–H groups in total. The van der Waals surface area contributed by atoms with Crippen molar-refractivity contribution >= 4 is 17.8 Å². The first-order valence-corrected chi connectivity index (χ1v) is 10.9. The summed E-state index contributed by atoms with van der Waals surface area (Å²) in [6.45, 7) is 9.50. The number of alkyl halides is 3. The fourth-order valence-electron chi connectivity index (χ4n) is 4.82. The van der Waals surface area contributed by atoms with Crippen LogP contribution in [-0.2, 0) is 9.59 Å². The number of carboxylic acid groups (broad SMARTS) is 1. The van der Waals surface area contributed by atoms with Gasteiger partial charge < -0.3 is 20.2 Å². The lowest BCUT2D eigenvalue weighted by Crippen LogP contribution is -2.55. The Morgan fingerprint density at radius 2 is 1.84 bits per heavy atom. The van der Waals surface area contributed by atoms with Crippen molar-refractivity contribution in [1.29, 1.82) is 0 Å². The van der Waals surface area contributed by atoms with Crippen LogP contribution in [0.3, 0.4) is 0 Å². The maximum Gasteiger partial charge on any atom is 0.490 e. The van der Waals surface area contributed by atoms with E-state index in [9.17, 15) is 18.0 Å². The van der Waals surface area contributed by atoms with Gasteiger partial charge in [-0.2, -0.15) is 13.2 Å². The number of fused-ring (bicyclic) bond motifs is 2. The number of hydrogen-bond donors (Lipinski definition) is 2. The average molecular weight is 457 g/mol. The van der Waals surface area contributed by atoms with Crippen LogP contribution >= 0.6 is 0 Å². The second-order valence-corrected chi connectivity index (χ2v) is 9.14. The number of anilines is 1. The largest absolute Gasteiger partial charge is 0.490 e. The van der Waals surface area contributed by atoms with Crippen LogP contribution in [0.5, 0.6) is 0 Å². The number of nitrogens with zero attached hydrogens (tertiary/aromatic N) is 4. The smallest absolute Gasteiger partial charge is 0.475 e. The van der Waals surface area contributed by atoms with E-state index in [2.05, 4.69) is 38.9 Å². The van der Waals surface area contributed by atoms with Crippen LogP contribution in [-0.4, -0.2) is 76.3 Å². The molecule has 178 valence electrons. The molecule has 3 aliphatic heterocycles. The molecule has 0 radical (unpaired) electrons. The van der Waals surface area contributed by atoms with Gasteiger partial charge >= 0.3 is 12.1 Å². The topological polar surface area (TPSA) is 98.7 Å². The minimum absolute atomic E-state index is 0.0143. The summed E-state index contributed by atoms with van der Waals surface area (Å²) in [5.41, 5.74) is -0.0143. The number of nitrogens with one attached hydrogen (secondary N) is 1. The van der Waals surface area contributed by atoms with Crippen LogP contribution < -0.4 is 10.2 Å². The van der Waals surface area contributed by atoms with E-state index >= 15 is 0 Å². The number of piperidine rings is 1. The van der Waals surface area contributed by atoms with Crippen molar-refractivity contribution in [3.8, 4) is 0 Å². The van der Waals surface area contributed by atoms with E-state index in [4.69, 9.17) is 9.90 Å². The molecule has 0 aliphatic carbocycles. The molecular formula is C21H30F3N5O3. The molecule has 11 heteroatoms. The maximum atomic E-state index is 12.6. The number of carbonyl (C=O) groups is 2. The monoisotopic (exact) mass is 457 g/mol. The van der Waals surface area contributed by atoms with E-state index in [1.165, 1.54) is 6.42 Å². The van der Waals surface area contributed by atoms with Crippen molar-refractivity contribution in [3.63, 3.8) is 0 Å². The van der Waals surface area contributed by atoms with Gasteiger partial charge in [0.1, 0.15) is 0 Å². The van der Waals surface area contributed by atoms with Gasteiger partial charge in [-0.3, -0.25) is 4.79 Å². The molecule has 1 aromatic rings. The van der Waals surface area contributed by atoms with E-state index in [0.717, 1.165) is 57.4 Å². The van der Waals surface area contributed by atoms with Crippen molar-refractivity contribution in [2.75, 3.05) is 37.6 Å². The summed E-state index contributed by atoms with van der Waals surface area (Å²) in [5, 5.41) is 10.5. The van der Waals surface area contributed by atoms with Crippen LogP contribution in [0, 0.1) is 17.8 Å². The van der Waals surface area contributed by atoms with Crippen LogP contribution in [0.2, 0.25) is 0 Å². The second-order valence-electron chi connectivity index (χ2n) is 9.14. The van der Waals surface area contributed by atoms with Gasteiger partial charge in [0.15, 0.2) is 0 Å². The summed E-state index contributed by atoms with van der Waals surface area (Å²) in [6.07, 6.45) is 1.72. The molecule has 3 aliphatic rings. The second kappa shape index (κ2) is 9.60. The molecule has 2 atom stereocenters.